The van der Waals surface area contributed by atoms with Gasteiger partial charge in [-0.25, -0.2) is 12.8 Å². The normalized spacial score (nSPS) is 20.4. The lowest BCUT2D eigenvalue weighted by molar-refractivity contribution is -0.120. The van der Waals surface area contributed by atoms with Crippen molar-refractivity contribution in [2.75, 3.05) is 30.2 Å². The van der Waals surface area contributed by atoms with Crippen molar-refractivity contribution in [2.45, 2.75) is 54.9 Å². The topological polar surface area (TPSA) is 87.7 Å². The number of piperidine rings is 1. The maximum Gasteiger partial charge on any atom is 0.264 e. The molecule has 10 heteroatoms. The number of likely N-dealkylation sites (tertiary alicyclic amines) is 1. The SMILES string of the molecule is CN1CCC(Oc2cc(NS(=O)(=O)c3ccc(Cl)cc3F)cc3c2NC(=O)C32CCCC2)CC1. The number of benzene rings is 2. The van der Waals surface area contributed by atoms with E-state index in [4.69, 9.17) is 16.3 Å². The Hall–Kier alpha value is -2.36. The van der Waals surface area contributed by atoms with Crippen molar-refractivity contribution in [1.82, 2.24) is 4.90 Å². The number of rotatable bonds is 5. The average Bonchev–Trinajstić information content (AvgIpc) is 3.37. The second-order valence-corrected chi connectivity index (χ2v) is 11.5. The second-order valence-electron chi connectivity index (χ2n) is 9.44. The van der Waals surface area contributed by atoms with Crippen LogP contribution in [-0.4, -0.2) is 45.5 Å². The van der Waals surface area contributed by atoms with E-state index in [-0.39, 0.29) is 22.7 Å². The first-order valence-electron chi connectivity index (χ1n) is 11.5. The summed E-state index contributed by atoms with van der Waals surface area (Å²) in [5.41, 5.74) is 0.910. The molecule has 7 nitrogen and oxygen atoms in total. The largest absolute Gasteiger partial charge is 0.488 e. The number of halogens is 2. The Morgan fingerprint density at radius 2 is 1.88 bits per heavy atom. The van der Waals surface area contributed by atoms with Crippen LogP contribution in [0, 0.1) is 5.82 Å². The highest BCUT2D eigenvalue weighted by atomic mass is 35.5. The van der Waals surface area contributed by atoms with Crippen LogP contribution >= 0.6 is 11.6 Å². The standard InChI is InChI=1S/C24H27ClFN3O4S/c1-29-10-6-17(7-11-29)33-20-14-16(28-34(31,32)21-5-4-15(25)12-19(21)26)13-18-22(20)27-23(30)24(18)8-2-3-9-24/h4-5,12-14,17,28H,2-3,6-11H2,1H3,(H,27,30). The number of anilines is 2. The number of carbonyl (C=O) groups excluding carboxylic acids is 1. The van der Waals surface area contributed by atoms with Crippen LogP contribution in [0.3, 0.4) is 0 Å². The number of nitrogens with one attached hydrogen (secondary N) is 2. The Morgan fingerprint density at radius 3 is 2.56 bits per heavy atom. The van der Waals surface area contributed by atoms with Crippen molar-refractivity contribution in [3.05, 3.63) is 46.7 Å². The fraction of sp³-hybridized carbons (Fsp3) is 0.458. The summed E-state index contributed by atoms with van der Waals surface area (Å²) in [6.45, 7) is 1.79. The van der Waals surface area contributed by atoms with Crippen LogP contribution in [0.5, 0.6) is 5.75 Å². The van der Waals surface area contributed by atoms with Crippen molar-refractivity contribution in [3.63, 3.8) is 0 Å². The highest BCUT2D eigenvalue weighted by Crippen LogP contribution is 2.53. The summed E-state index contributed by atoms with van der Waals surface area (Å²) in [7, 11) is -2.18. The smallest absolute Gasteiger partial charge is 0.264 e. The van der Waals surface area contributed by atoms with Gasteiger partial charge in [-0.2, -0.15) is 0 Å². The molecule has 2 aliphatic heterocycles. The van der Waals surface area contributed by atoms with Crippen molar-refractivity contribution >= 4 is 38.9 Å². The van der Waals surface area contributed by atoms with Gasteiger partial charge in [-0.1, -0.05) is 24.4 Å². The van der Waals surface area contributed by atoms with E-state index >= 15 is 0 Å². The van der Waals surface area contributed by atoms with E-state index < -0.39 is 26.2 Å². The van der Waals surface area contributed by atoms with Crippen LogP contribution in [0.2, 0.25) is 5.02 Å². The van der Waals surface area contributed by atoms with E-state index in [1.54, 1.807) is 12.1 Å². The third-order valence-corrected chi connectivity index (χ3v) is 8.79. The van der Waals surface area contributed by atoms with Crippen molar-refractivity contribution < 1.29 is 22.3 Å². The predicted octanol–water partition coefficient (Wildman–Crippen LogP) is 4.52. The Kier molecular flexibility index (Phi) is 5.98. The van der Waals surface area contributed by atoms with Gasteiger partial charge in [0.05, 0.1) is 16.8 Å². The summed E-state index contributed by atoms with van der Waals surface area (Å²) in [4.78, 5) is 14.8. The highest BCUT2D eigenvalue weighted by Gasteiger charge is 2.50. The third-order valence-electron chi connectivity index (χ3n) is 7.14. The van der Waals surface area contributed by atoms with Crippen molar-refractivity contribution in [2.24, 2.45) is 0 Å². The first kappa shape index (κ1) is 23.4. The summed E-state index contributed by atoms with van der Waals surface area (Å²) in [6, 6.07) is 6.69. The first-order valence-corrected chi connectivity index (χ1v) is 13.4. The summed E-state index contributed by atoms with van der Waals surface area (Å²) in [5.74, 6) is -0.566. The fourth-order valence-electron chi connectivity index (χ4n) is 5.29. The van der Waals surface area contributed by atoms with Gasteiger partial charge < -0.3 is 15.0 Å². The molecule has 2 fully saturated rings. The molecule has 2 N–H and O–H groups in total. The first-order chi connectivity index (χ1) is 16.2. The lowest BCUT2D eigenvalue weighted by Crippen LogP contribution is -2.35. The molecule has 1 amide bonds. The van der Waals surface area contributed by atoms with E-state index in [1.807, 2.05) is 0 Å². The lowest BCUT2D eigenvalue weighted by Gasteiger charge is -2.30. The molecular weight excluding hydrogens is 481 g/mol. The molecule has 1 saturated carbocycles. The second kappa shape index (κ2) is 8.70. The van der Waals surface area contributed by atoms with Gasteiger partial charge in [-0.05, 0) is 62.6 Å². The van der Waals surface area contributed by atoms with Crippen molar-refractivity contribution in [3.8, 4) is 5.75 Å². The maximum absolute atomic E-state index is 14.4. The molecule has 2 heterocycles. The number of carbonyl (C=O) groups is 1. The minimum Gasteiger partial charge on any atom is -0.488 e. The Bertz CT molecular complexity index is 1240. The summed E-state index contributed by atoms with van der Waals surface area (Å²) in [5, 5.41) is 3.11. The molecule has 0 aromatic heterocycles. The van der Waals surface area contributed by atoms with Crippen molar-refractivity contribution in [1.29, 1.82) is 0 Å². The summed E-state index contributed by atoms with van der Waals surface area (Å²) in [6.07, 6.45) is 4.85. The average molecular weight is 508 g/mol. The molecule has 0 bridgehead atoms. The molecule has 1 spiro atoms. The Labute approximate surface area is 203 Å². The number of sulfonamides is 1. The molecule has 3 aliphatic rings. The number of fused-ring (bicyclic) bond motifs is 2. The number of ether oxygens (including phenoxy) is 1. The van der Waals surface area contributed by atoms with E-state index in [0.29, 0.717) is 24.3 Å². The van der Waals surface area contributed by atoms with E-state index in [1.165, 1.54) is 6.07 Å². The quantitative estimate of drug-likeness (QED) is 0.621. The molecule has 34 heavy (non-hydrogen) atoms. The van der Waals surface area contributed by atoms with Gasteiger partial charge in [-0.3, -0.25) is 9.52 Å². The summed E-state index contributed by atoms with van der Waals surface area (Å²) < 4.78 is 49.3. The van der Waals surface area contributed by atoms with Gasteiger partial charge in [0, 0.05) is 24.2 Å². The third kappa shape index (κ3) is 4.14. The lowest BCUT2D eigenvalue weighted by atomic mass is 9.80. The van der Waals surface area contributed by atoms with Gasteiger partial charge in [0.15, 0.2) is 0 Å². The van der Waals surface area contributed by atoms with Crippen LogP contribution in [0.1, 0.15) is 44.1 Å². The van der Waals surface area contributed by atoms with Gasteiger partial charge in [-0.15, -0.1) is 0 Å². The van der Waals surface area contributed by atoms with Crippen LogP contribution in [0.25, 0.3) is 0 Å². The molecule has 182 valence electrons. The minimum atomic E-state index is -4.24. The zero-order chi connectivity index (χ0) is 24.1. The van der Waals surface area contributed by atoms with E-state index in [2.05, 4.69) is 22.0 Å². The maximum atomic E-state index is 14.4. The zero-order valence-corrected chi connectivity index (χ0v) is 20.4. The predicted molar refractivity (Wildman–Crippen MR) is 129 cm³/mol. The van der Waals surface area contributed by atoms with Gasteiger partial charge in [0.1, 0.15) is 22.6 Å². The summed E-state index contributed by atoms with van der Waals surface area (Å²) >= 11 is 5.78. The minimum absolute atomic E-state index is 0.0436. The molecular formula is C24H27ClFN3O4S. The van der Waals surface area contributed by atoms with Crippen LogP contribution in [0.4, 0.5) is 15.8 Å². The molecule has 0 atom stereocenters. The Morgan fingerprint density at radius 1 is 1.18 bits per heavy atom. The van der Waals surface area contributed by atoms with Crippen LogP contribution in [0.15, 0.2) is 35.2 Å². The van der Waals surface area contributed by atoms with Gasteiger partial charge in [0.25, 0.3) is 10.0 Å². The van der Waals surface area contributed by atoms with Gasteiger partial charge in [0.2, 0.25) is 5.91 Å². The van der Waals surface area contributed by atoms with Crippen LogP contribution < -0.4 is 14.8 Å². The number of nitrogens with zero attached hydrogens (tertiary/aromatic N) is 1. The molecule has 2 aromatic rings. The zero-order valence-electron chi connectivity index (χ0n) is 18.9. The molecule has 1 saturated heterocycles. The van der Waals surface area contributed by atoms with E-state index in [0.717, 1.165) is 56.5 Å². The van der Waals surface area contributed by atoms with E-state index in [9.17, 15) is 17.6 Å². The number of hydrogen-bond donors (Lipinski definition) is 2. The highest BCUT2D eigenvalue weighted by molar-refractivity contribution is 7.92. The Balaban J connectivity index is 1.54. The van der Waals surface area contributed by atoms with Crippen LogP contribution in [-0.2, 0) is 20.2 Å². The molecule has 2 aromatic carbocycles. The fourth-order valence-corrected chi connectivity index (χ4v) is 6.55. The monoisotopic (exact) mass is 507 g/mol. The number of hydrogen-bond acceptors (Lipinski definition) is 5. The molecule has 0 radical (unpaired) electrons. The number of amides is 1. The molecule has 1 aliphatic carbocycles. The molecule has 0 unspecified atom stereocenters. The van der Waals surface area contributed by atoms with Gasteiger partial charge >= 0.3 is 0 Å². The molecule has 5 rings (SSSR count).